The van der Waals surface area contributed by atoms with E-state index in [1.807, 2.05) is 48.5 Å². The van der Waals surface area contributed by atoms with E-state index in [0.717, 1.165) is 38.5 Å². The first-order valence-electron chi connectivity index (χ1n) is 16.0. The molecule has 226 valence electrons. The lowest BCUT2D eigenvalue weighted by molar-refractivity contribution is 0.227. The molecule has 44 heavy (non-hydrogen) atoms. The first-order chi connectivity index (χ1) is 21.6. The summed E-state index contributed by atoms with van der Waals surface area (Å²) >= 11 is 0. The summed E-state index contributed by atoms with van der Waals surface area (Å²) in [7, 11) is 0. The number of nitrogens with zero attached hydrogens (tertiary/aromatic N) is 2. The van der Waals surface area contributed by atoms with E-state index in [0.29, 0.717) is 70.1 Å². The molecule has 0 aliphatic heterocycles. The first kappa shape index (κ1) is 33.9. The van der Waals surface area contributed by atoms with Gasteiger partial charge in [-0.25, -0.2) is 4.85 Å². The van der Waals surface area contributed by atoms with Gasteiger partial charge in [0.2, 0.25) is 5.69 Å². The van der Waals surface area contributed by atoms with Crippen LogP contribution in [0, 0.1) is 53.4 Å². The van der Waals surface area contributed by atoms with Crippen LogP contribution in [0.25, 0.3) is 4.85 Å². The van der Waals surface area contributed by atoms with Crippen LogP contribution in [0.5, 0.6) is 11.5 Å². The molecule has 4 heteroatoms. The summed E-state index contributed by atoms with van der Waals surface area (Å²) in [5.74, 6) is 15.2. The van der Waals surface area contributed by atoms with Crippen molar-refractivity contribution in [1.29, 1.82) is 5.26 Å². The van der Waals surface area contributed by atoms with Crippen LogP contribution in [0.15, 0.2) is 60.7 Å². The molecule has 2 unspecified atom stereocenters. The zero-order chi connectivity index (χ0) is 31.6. The molecule has 0 N–H and O–H groups in total. The third-order valence-electron chi connectivity index (χ3n) is 7.85. The zero-order valence-electron chi connectivity index (χ0n) is 26.7. The van der Waals surface area contributed by atoms with Crippen molar-refractivity contribution in [3.05, 3.63) is 99.9 Å². The molecule has 3 aromatic carbocycles. The molecule has 0 radical (unpaired) electrons. The Morgan fingerprint density at radius 2 is 1.11 bits per heavy atom. The summed E-state index contributed by atoms with van der Waals surface area (Å²) in [6.45, 7) is 17.5. The molecule has 0 aromatic heterocycles. The second-order valence-electron chi connectivity index (χ2n) is 11.1. The van der Waals surface area contributed by atoms with Crippen molar-refractivity contribution in [3.63, 3.8) is 0 Å². The number of hydrogen-bond donors (Lipinski definition) is 0. The highest BCUT2D eigenvalue weighted by atomic mass is 16.5. The highest BCUT2D eigenvalue weighted by molar-refractivity contribution is 5.64. The van der Waals surface area contributed by atoms with Gasteiger partial charge < -0.3 is 9.47 Å². The van der Waals surface area contributed by atoms with Crippen molar-refractivity contribution in [2.24, 2.45) is 11.8 Å². The number of ether oxygens (including phenoxy) is 2. The topological polar surface area (TPSA) is 46.6 Å². The van der Waals surface area contributed by atoms with Gasteiger partial charge in [0.25, 0.3) is 0 Å². The molecule has 4 nitrogen and oxygen atoms in total. The van der Waals surface area contributed by atoms with Crippen LogP contribution in [0.2, 0.25) is 0 Å². The molecule has 0 bridgehead atoms. The van der Waals surface area contributed by atoms with Gasteiger partial charge in [-0.05, 0) is 36.8 Å². The third-order valence-corrected chi connectivity index (χ3v) is 7.85. The Balaban J connectivity index is 2.12. The number of para-hydroxylation sites is 1. The fourth-order valence-corrected chi connectivity index (χ4v) is 4.84. The van der Waals surface area contributed by atoms with Crippen LogP contribution in [0.3, 0.4) is 0 Å². The van der Waals surface area contributed by atoms with Gasteiger partial charge in [0.15, 0.2) is 0 Å². The van der Waals surface area contributed by atoms with Gasteiger partial charge in [-0.3, -0.25) is 0 Å². The molecule has 3 rings (SSSR count). The lowest BCUT2D eigenvalue weighted by atomic mass is 10.00. The second kappa shape index (κ2) is 18.8. The molecule has 0 aliphatic carbocycles. The maximum atomic E-state index is 9.60. The van der Waals surface area contributed by atoms with E-state index in [1.165, 1.54) is 12.8 Å². The minimum Gasteiger partial charge on any atom is -0.492 e. The van der Waals surface area contributed by atoms with Crippen LogP contribution >= 0.6 is 0 Å². The fraction of sp³-hybridized carbons (Fsp3) is 0.400. The van der Waals surface area contributed by atoms with Gasteiger partial charge in [-0.1, -0.05) is 126 Å². The normalized spacial score (nSPS) is 11.5. The van der Waals surface area contributed by atoms with Crippen molar-refractivity contribution in [2.45, 2.75) is 79.1 Å². The minimum atomic E-state index is 0.440. The molecule has 0 fully saturated rings. The Morgan fingerprint density at radius 1 is 0.659 bits per heavy atom. The van der Waals surface area contributed by atoms with Crippen molar-refractivity contribution < 1.29 is 9.47 Å². The lowest BCUT2D eigenvalue weighted by Crippen LogP contribution is -2.13. The van der Waals surface area contributed by atoms with E-state index in [9.17, 15) is 5.26 Å². The van der Waals surface area contributed by atoms with E-state index in [2.05, 4.69) is 62.3 Å². The Hall–Kier alpha value is -4.64. The summed E-state index contributed by atoms with van der Waals surface area (Å²) in [5.41, 5.74) is 3.80. The van der Waals surface area contributed by atoms with Crippen LogP contribution < -0.4 is 9.47 Å². The monoisotopic (exact) mass is 584 g/mol. The van der Waals surface area contributed by atoms with Crippen molar-refractivity contribution in [3.8, 4) is 41.2 Å². The average Bonchev–Trinajstić information content (AvgIpc) is 3.07. The second-order valence-corrected chi connectivity index (χ2v) is 11.1. The largest absolute Gasteiger partial charge is 0.492 e. The van der Waals surface area contributed by atoms with Gasteiger partial charge in [0.05, 0.1) is 36.5 Å². The van der Waals surface area contributed by atoms with Crippen molar-refractivity contribution >= 4 is 5.69 Å². The standard InChI is InChI=1S/C40H44N2O2/c1-6-10-16-31(8-3)29-43-39-27-36(25-23-34-19-14-15-21-38(34)42-5)40(44-30-32(9-4)17-11-7-2)26-35(39)24-22-33-18-12-13-20-37(33)28-41/h12-15,18-21,26-27,31-32H,6-11,16-17,29-30H2,1-4H3. The Bertz CT molecular complexity index is 1450. The van der Waals surface area contributed by atoms with Gasteiger partial charge in [-0.15, -0.1) is 0 Å². The maximum Gasteiger partial charge on any atom is 0.202 e. The molecule has 0 aliphatic rings. The van der Waals surface area contributed by atoms with Gasteiger partial charge in [0, 0.05) is 23.3 Å². The number of unbranched alkanes of at least 4 members (excludes halogenated alkanes) is 2. The number of rotatable bonds is 14. The summed E-state index contributed by atoms with van der Waals surface area (Å²) < 4.78 is 13.0. The molecular weight excluding hydrogens is 540 g/mol. The van der Waals surface area contributed by atoms with Crippen LogP contribution in [-0.2, 0) is 0 Å². The molecule has 0 amide bonds. The van der Waals surface area contributed by atoms with Gasteiger partial charge in [0.1, 0.15) is 17.6 Å². The average molecular weight is 585 g/mol. The quantitative estimate of drug-likeness (QED) is 0.140. The number of hydrogen-bond acceptors (Lipinski definition) is 3. The first-order valence-corrected chi connectivity index (χ1v) is 16.0. The van der Waals surface area contributed by atoms with E-state index >= 15 is 0 Å². The maximum absolute atomic E-state index is 9.60. The van der Waals surface area contributed by atoms with Gasteiger partial charge >= 0.3 is 0 Å². The van der Waals surface area contributed by atoms with Crippen LogP contribution in [0.4, 0.5) is 5.69 Å². The Labute approximate surface area is 265 Å². The molecule has 3 aromatic rings. The van der Waals surface area contributed by atoms with E-state index < -0.39 is 0 Å². The predicted molar refractivity (Wildman–Crippen MR) is 180 cm³/mol. The lowest BCUT2D eigenvalue weighted by Gasteiger charge is -2.19. The molecule has 0 saturated heterocycles. The number of benzene rings is 3. The minimum absolute atomic E-state index is 0.440. The molecular formula is C40H44N2O2. The third kappa shape index (κ3) is 10.3. The molecule has 0 heterocycles. The molecule has 2 atom stereocenters. The van der Waals surface area contributed by atoms with Crippen LogP contribution in [0.1, 0.15) is 107 Å². The highest BCUT2D eigenvalue weighted by Crippen LogP contribution is 2.31. The van der Waals surface area contributed by atoms with E-state index in [-0.39, 0.29) is 0 Å². The Morgan fingerprint density at radius 3 is 1.59 bits per heavy atom. The fourth-order valence-electron chi connectivity index (χ4n) is 4.84. The van der Waals surface area contributed by atoms with Gasteiger partial charge in [-0.2, -0.15) is 5.26 Å². The number of nitriles is 1. The SMILES string of the molecule is [C-]#[N+]c1ccccc1C#Cc1cc(OCC(CC)CCCC)c(C#Cc2ccccc2C#N)cc1OCC(CC)CCCC. The smallest absolute Gasteiger partial charge is 0.202 e. The zero-order valence-corrected chi connectivity index (χ0v) is 26.7. The predicted octanol–water partition coefficient (Wildman–Crippen LogP) is 10.1. The summed E-state index contributed by atoms with van der Waals surface area (Å²) in [5, 5.41) is 9.60. The van der Waals surface area contributed by atoms with Crippen LogP contribution in [-0.4, -0.2) is 13.2 Å². The summed E-state index contributed by atoms with van der Waals surface area (Å²) in [4.78, 5) is 3.64. The highest BCUT2D eigenvalue weighted by Gasteiger charge is 2.15. The molecule has 0 spiro atoms. The van der Waals surface area contributed by atoms with Crippen molar-refractivity contribution in [2.75, 3.05) is 13.2 Å². The summed E-state index contributed by atoms with van der Waals surface area (Å²) in [6.07, 6.45) is 8.94. The Kier molecular flexibility index (Phi) is 14.5. The van der Waals surface area contributed by atoms with E-state index in [4.69, 9.17) is 16.0 Å². The molecule has 0 saturated carbocycles. The van der Waals surface area contributed by atoms with Crippen molar-refractivity contribution in [1.82, 2.24) is 0 Å². The van der Waals surface area contributed by atoms with E-state index in [1.54, 1.807) is 12.1 Å². The summed E-state index contributed by atoms with van der Waals surface area (Å²) in [6, 6.07) is 20.8.